The van der Waals surface area contributed by atoms with Crippen molar-refractivity contribution in [1.82, 2.24) is 15.3 Å². The predicted octanol–water partition coefficient (Wildman–Crippen LogP) is 2.69. The van der Waals surface area contributed by atoms with Crippen LogP contribution in [0, 0.1) is 11.6 Å². The molecule has 1 aliphatic heterocycles. The van der Waals surface area contributed by atoms with E-state index in [1.165, 1.54) is 12.1 Å². The predicted molar refractivity (Wildman–Crippen MR) is 87.1 cm³/mol. The number of nitrogens with zero attached hydrogens (tertiary/aromatic N) is 3. The summed E-state index contributed by atoms with van der Waals surface area (Å²) in [6.45, 7) is 6.15. The quantitative estimate of drug-likeness (QED) is 0.932. The fraction of sp³-hybridized carbons (Fsp3) is 0.412. The van der Waals surface area contributed by atoms with Gasteiger partial charge in [0.2, 0.25) is 11.8 Å². The Morgan fingerprint density at radius 2 is 2.21 bits per heavy atom. The first kappa shape index (κ1) is 16.6. The van der Waals surface area contributed by atoms with E-state index in [0.717, 1.165) is 25.8 Å². The Hall–Kier alpha value is -2.28. The van der Waals surface area contributed by atoms with Crippen molar-refractivity contribution < 1.29 is 13.5 Å². The summed E-state index contributed by atoms with van der Waals surface area (Å²) in [6.07, 6.45) is 0.587. The molecule has 0 spiro atoms. The summed E-state index contributed by atoms with van der Waals surface area (Å²) >= 11 is 0. The van der Waals surface area contributed by atoms with Gasteiger partial charge in [-0.2, -0.15) is 9.37 Å². The first-order valence-electron chi connectivity index (χ1n) is 7.96. The summed E-state index contributed by atoms with van der Waals surface area (Å²) in [4.78, 5) is 10.3. The molecule has 1 aromatic heterocycles. The van der Waals surface area contributed by atoms with Crippen LogP contribution >= 0.6 is 0 Å². The smallest absolute Gasteiger partial charge is 0.255 e. The molecule has 24 heavy (non-hydrogen) atoms. The Labute approximate surface area is 139 Å². The minimum atomic E-state index is -0.634. The van der Waals surface area contributed by atoms with Crippen LogP contribution in [0.4, 0.5) is 14.7 Å². The van der Waals surface area contributed by atoms with Gasteiger partial charge < -0.3 is 15.0 Å². The summed E-state index contributed by atoms with van der Waals surface area (Å²) < 4.78 is 33.0. The van der Waals surface area contributed by atoms with Crippen LogP contribution in [0.1, 0.15) is 25.5 Å². The summed E-state index contributed by atoms with van der Waals surface area (Å²) in [5.74, 6) is -0.680. The minimum absolute atomic E-state index is 0.123. The molecule has 0 amide bonds. The van der Waals surface area contributed by atoms with E-state index >= 15 is 0 Å². The number of halogens is 2. The topological polar surface area (TPSA) is 50.3 Å². The fourth-order valence-electron chi connectivity index (χ4n) is 2.70. The monoisotopic (exact) mass is 334 g/mol. The molecular weight excluding hydrogens is 314 g/mol. The van der Waals surface area contributed by atoms with E-state index in [-0.39, 0.29) is 17.7 Å². The van der Waals surface area contributed by atoms with Gasteiger partial charge in [0.05, 0.1) is 6.20 Å². The highest BCUT2D eigenvalue weighted by Gasteiger charge is 2.22. The fourth-order valence-corrected chi connectivity index (χ4v) is 2.70. The second-order valence-corrected chi connectivity index (χ2v) is 5.88. The number of benzene rings is 1. The van der Waals surface area contributed by atoms with E-state index in [9.17, 15) is 8.78 Å². The van der Waals surface area contributed by atoms with Crippen molar-refractivity contribution in [3.05, 3.63) is 47.7 Å². The van der Waals surface area contributed by atoms with E-state index in [4.69, 9.17) is 4.74 Å². The third-order valence-electron chi connectivity index (χ3n) is 4.06. The molecule has 1 saturated heterocycles. The number of ether oxygens (including phenoxy) is 1. The van der Waals surface area contributed by atoms with Gasteiger partial charge in [0, 0.05) is 25.7 Å². The van der Waals surface area contributed by atoms with Gasteiger partial charge in [0.25, 0.3) is 5.88 Å². The van der Waals surface area contributed by atoms with Crippen molar-refractivity contribution in [2.75, 3.05) is 24.5 Å². The number of anilines is 1. The molecule has 0 bridgehead atoms. The van der Waals surface area contributed by atoms with Crippen molar-refractivity contribution in [1.29, 1.82) is 0 Å². The van der Waals surface area contributed by atoms with Gasteiger partial charge in [-0.15, -0.1) is 0 Å². The molecule has 128 valence electrons. The van der Waals surface area contributed by atoms with E-state index in [1.54, 1.807) is 19.1 Å². The Morgan fingerprint density at radius 1 is 1.38 bits per heavy atom. The Morgan fingerprint density at radius 3 is 2.96 bits per heavy atom. The molecule has 1 fully saturated rings. The molecule has 1 N–H and O–H groups in total. The lowest BCUT2D eigenvalue weighted by atomic mass is 10.1. The molecule has 7 heteroatoms. The zero-order valence-corrected chi connectivity index (χ0v) is 13.7. The Kier molecular flexibility index (Phi) is 4.89. The summed E-state index contributed by atoms with van der Waals surface area (Å²) in [7, 11) is 0. The number of hydrogen-bond acceptors (Lipinski definition) is 5. The molecule has 3 rings (SSSR count). The SMILES string of the molecule is C[C@H](Oc1nc(N2CCNC[C@H]2C)ncc1F)c1cccc(F)c1. The lowest BCUT2D eigenvalue weighted by molar-refractivity contribution is 0.205. The molecule has 0 unspecified atom stereocenters. The summed E-state index contributed by atoms with van der Waals surface area (Å²) in [5, 5.41) is 3.28. The largest absolute Gasteiger partial charge is 0.468 e. The van der Waals surface area contributed by atoms with Crippen LogP contribution in [0.5, 0.6) is 5.88 Å². The number of hydrogen-bond donors (Lipinski definition) is 1. The van der Waals surface area contributed by atoms with E-state index in [0.29, 0.717) is 11.5 Å². The molecule has 2 aromatic rings. The Balaban J connectivity index is 1.81. The van der Waals surface area contributed by atoms with Crippen molar-refractivity contribution in [2.45, 2.75) is 26.0 Å². The first-order valence-corrected chi connectivity index (χ1v) is 7.96. The molecule has 5 nitrogen and oxygen atoms in total. The maximum atomic E-state index is 14.0. The van der Waals surface area contributed by atoms with Gasteiger partial charge in [0.1, 0.15) is 11.9 Å². The van der Waals surface area contributed by atoms with Crippen LogP contribution in [0.25, 0.3) is 0 Å². The zero-order valence-electron chi connectivity index (χ0n) is 13.7. The lowest BCUT2D eigenvalue weighted by Crippen LogP contribution is -2.50. The zero-order chi connectivity index (χ0) is 17.1. The summed E-state index contributed by atoms with van der Waals surface area (Å²) in [6, 6.07) is 6.24. The van der Waals surface area contributed by atoms with E-state index < -0.39 is 11.9 Å². The number of piperazine rings is 1. The van der Waals surface area contributed by atoms with Crippen LogP contribution in [0.15, 0.2) is 30.5 Å². The first-order chi connectivity index (χ1) is 11.5. The second kappa shape index (κ2) is 7.09. The van der Waals surface area contributed by atoms with Crippen molar-refractivity contribution in [3.63, 3.8) is 0 Å². The van der Waals surface area contributed by atoms with Crippen LogP contribution < -0.4 is 15.0 Å². The third kappa shape index (κ3) is 3.62. The van der Waals surface area contributed by atoms with Crippen LogP contribution in [0.3, 0.4) is 0 Å². The molecule has 2 atom stereocenters. The van der Waals surface area contributed by atoms with Gasteiger partial charge in [0.15, 0.2) is 0 Å². The number of aromatic nitrogens is 2. The second-order valence-electron chi connectivity index (χ2n) is 5.88. The molecule has 0 aliphatic carbocycles. The van der Waals surface area contributed by atoms with Crippen LogP contribution in [-0.4, -0.2) is 35.6 Å². The molecule has 0 radical (unpaired) electrons. The summed E-state index contributed by atoms with van der Waals surface area (Å²) in [5.41, 5.74) is 0.616. The molecule has 0 saturated carbocycles. The van der Waals surface area contributed by atoms with E-state index in [2.05, 4.69) is 22.2 Å². The highest BCUT2D eigenvalue weighted by molar-refractivity contribution is 5.35. The Bertz CT molecular complexity index is 713. The highest BCUT2D eigenvalue weighted by Crippen LogP contribution is 2.25. The van der Waals surface area contributed by atoms with Gasteiger partial charge in [-0.3, -0.25) is 0 Å². The van der Waals surface area contributed by atoms with Gasteiger partial charge in [-0.05, 0) is 31.5 Å². The highest BCUT2D eigenvalue weighted by atomic mass is 19.1. The molecular formula is C17H20F2N4O. The van der Waals surface area contributed by atoms with Crippen molar-refractivity contribution >= 4 is 5.95 Å². The average Bonchev–Trinajstić information content (AvgIpc) is 2.57. The number of nitrogens with one attached hydrogen (secondary N) is 1. The van der Waals surface area contributed by atoms with Gasteiger partial charge in [-0.1, -0.05) is 12.1 Å². The maximum absolute atomic E-state index is 14.0. The van der Waals surface area contributed by atoms with Gasteiger partial charge in [-0.25, -0.2) is 9.37 Å². The minimum Gasteiger partial charge on any atom is -0.468 e. The van der Waals surface area contributed by atoms with Crippen molar-refractivity contribution in [2.24, 2.45) is 0 Å². The van der Waals surface area contributed by atoms with Crippen LogP contribution in [-0.2, 0) is 0 Å². The normalized spacial score (nSPS) is 19.2. The lowest BCUT2D eigenvalue weighted by Gasteiger charge is -2.34. The van der Waals surface area contributed by atoms with Gasteiger partial charge >= 0.3 is 0 Å². The molecule has 1 aromatic carbocycles. The molecule has 2 heterocycles. The number of rotatable bonds is 4. The third-order valence-corrected chi connectivity index (χ3v) is 4.06. The maximum Gasteiger partial charge on any atom is 0.255 e. The van der Waals surface area contributed by atoms with Crippen molar-refractivity contribution in [3.8, 4) is 5.88 Å². The van der Waals surface area contributed by atoms with E-state index in [1.807, 2.05) is 4.90 Å². The van der Waals surface area contributed by atoms with Crippen LogP contribution in [0.2, 0.25) is 0 Å². The average molecular weight is 334 g/mol. The molecule has 1 aliphatic rings. The standard InChI is InChI=1S/C17H20F2N4O/c1-11-9-20-6-7-23(11)17-21-10-15(19)16(22-17)24-12(2)13-4-3-5-14(18)8-13/h3-5,8,10-12,20H,6-7,9H2,1-2H3/t11-,12+/m1/s1.